The number of halogens is 1. The van der Waals surface area contributed by atoms with Gasteiger partial charge in [-0.1, -0.05) is 23.7 Å². The van der Waals surface area contributed by atoms with Gasteiger partial charge in [-0.15, -0.1) is 0 Å². The number of ether oxygens (including phenoxy) is 1. The molecule has 0 unspecified atom stereocenters. The molecule has 0 saturated carbocycles. The number of hydrogen-bond donors (Lipinski definition) is 1. The van der Waals surface area contributed by atoms with Crippen molar-refractivity contribution in [2.24, 2.45) is 0 Å². The Morgan fingerprint density at radius 1 is 1.26 bits per heavy atom. The minimum Gasteiger partial charge on any atom is -0.494 e. The maximum atomic E-state index is 9.02. The number of aliphatic hydroxyl groups excluding tert-OH is 1. The normalized spacial score (nSPS) is 10.7. The Labute approximate surface area is 138 Å². The lowest BCUT2D eigenvalue weighted by Gasteiger charge is -2.10. The Hall–Kier alpha value is -2.44. The largest absolute Gasteiger partial charge is 0.494 e. The van der Waals surface area contributed by atoms with Gasteiger partial charge in [0.05, 0.1) is 19.3 Å². The lowest BCUT2D eigenvalue weighted by Crippen LogP contribution is -2.04. The number of rotatable bonds is 5. The minimum absolute atomic E-state index is 0.184. The average molecular weight is 331 g/mol. The molecular formula is C16H15ClN4O2. The fraction of sp³-hybridized carbons (Fsp3) is 0.188. The van der Waals surface area contributed by atoms with Gasteiger partial charge in [0.2, 0.25) is 0 Å². The highest BCUT2D eigenvalue weighted by molar-refractivity contribution is 6.30. The molecule has 1 N–H and O–H groups in total. The predicted octanol–water partition coefficient (Wildman–Crippen LogP) is 2.54. The summed E-state index contributed by atoms with van der Waals surface area (Å²) in [5.74, 6) is 1.05. The van der Waals surface area contributed by atoms with Gasteiger partial charge in [-0.25, -0.2) is 14.6 Å². The van der Waals surface area contributed by atoms with E-state index in [2.05, 4.69) is 15.1 Å². The standard InChI is InChI=1S/C16H15ClN4O2/c1-23-14-6-5-13(8-21-10-18-15(9-22)20-21)19-16(14)11-3-2-4-12(17)7-11/h2-7,10,22H,8-9H2,1H3. The molecule has 7 heteroatoms. The Kier molecular flexibility index (Phi) is 4.55. The van der Waals surface area contributed by atoms with Crippen molar-refractivity contribution in [1.82, 2.24) is 19.7 Å². The second-order valence-electron chi connectivity index (χ2n) is 4.88. The summed E-state index contributed by atoms with van der Waals surface area (Å²) in [5, 5.41) is 13.8. The maximum absolute atomic E-state index is 9.02. The van der Waals surface area contributed by atoms with E-state index >= 15 is 0 Å². The molecule has 1 aromatic carbocycles. The van der Waals surface area contributed by atoms with Crippen molar-refractivity contribution in [3.05, 3.63) is 59.3 Å². The van der Waals surface area contributed by atoms with Crippen LogP contribution in [0.15, 0.2) is 42.7 Å². The Morgan fingerprint density at radius 3 is 2.83 bits per heavy atom. The van der Waals surface area contributed by atoms with Crippen LogP contribution < -0.4 is 4.74 Å². The maximum Gasteiger partial charge on any atom is 0.175 e. The summed E-state index contributed by atoms with van der Waals surface area (Å²) in [4.78, 5) is 8.64. The fourth-order valence-electron chi connectivity index (χ4n) is 2.23. The van der Waals surface area contributed by atoms with Crippen molar-refractivity contribution in [2.75, 3.05) is 7.11 Å². The van der Waals surface area contributed by atoms with Gasteiger partial charge in [0.15, 0.2) is 5.82 Å². The van der Waals surface area contributed by atoms with Crippen molar-refractivity contribution in [3.63, 3.8) is 0 Å². The number of nitrogens with zero attached hydrogens (tertiary/aromatic N) is 4. The molecule has 2 heterocycles. The van der Waals surface area contributed by atoms with Crippen LogP contribution in [-0.4, -0.2) is 32.0 Å². The van der Waals surface area contributed by atoms with Crippen LogP contribution in [0.4, 0.5) is 0 Å². The van der Waals surface area contributed by atoms with Gasteiger partial charge in [-0.05, 0) is 24.3 Å². The molecule has 0 spiro atoms. The molecule has 0 bridgehead atoms. The smallest absolute Gasteiger partial charge is 0.175 e. The first-order valence-electron chi connectivity index (χ1n) is 6.98. The van der Waals surface area contributed by atoms with Gasteiger partial charge < -0.3 is 9.84 Å². The van der Waals surface area contributed by atoms with Crippen molar-refractivity contribution >= 4 is 11.6 Å². The Morgan fingerprint density at radius 2 is 2.13 bits per heavy atom. The molecule has 0 aliphatic carbocycles. The zero-order chi connectivity index (χ0) is 16.2. The first-order valence-corrected chi connectivity index (χ1v) is 7.36. The summed E-state index contributed by atoms with van der Waals surface area (Å²) in [6.45, 7) is 0.265. The van der Waals surface area contributed by atoms with E-state index in [4.69, 9.17) is 21.4 Å². The second-order valence-corrected chi connectivity index (χ2v) is 5.32. The molecule has 0 amide bonds. The highest BCUT2D eigenvalue weighted by Crippen LogP contribution is 2.29. The molecule has 3 aromatic rings. The van der Waals surface area contributed by atoms with Gasteiger partial charge in [0, 0.05) is 10.6 Å². The highest BCUT2D eigenvalue weighted by Gasteiger charge is 2.10. The summed E-state index contributed by atoms with van der Waals surface area (Å²) in [6.07, 6.45) is 1.57. The van der Waals surface area contributed by atoms with Crippen LogP contribution in [0.1, 0.15) is 11.5 Å². The van der Waals surface area contributed by atoms with Crippen LogP contribution in [0.25, 0.3) is 11.3 Å². The summed E-state index contributed by atoms with van der Waals surface area (Å²) < 4.78 is 7.02. The SMILES string of the molecule is COc1ccc(Cn2cnc(CO)n2)nc1-c1cccc(Cl)c1. The molecule has 118 valence electrons. The zero-order valence-electron chi connectivity index (χ0n) is 12.5. The van der Waals surface area contributed by atoms with Crippen molar-refractivity contribution in [1.29, 1.82) is 0 Å². The van der Waals surface area contributed by atoms with Crippen LogP contribution in [0.5, 0.6) is 5.75 Å². The number of hydrogen-bond acceptors (Lipinski definition) is 5. The van der Waals surface area contributed by atoms with E-state index in [0.717, 1.165) is 17.0 Å². The lowest BCUT2D eigenvalue weighted by molar-refractivity contribution is 0.270. The minimum atomic E-state index is -0.184. The molecule has 2 aromatic heterocycles. The van der Waals surface area contributed by atoms with Crippen LogP contribution in [0, 0.1) is 0 Å². The van der Waals surface area contributed by atoms with E-state index in [9.17, 15) is 0 Å². The van der Waals surface area contributed by atoms with E-state index in [1.54, 1.807) is 18.1 Å². The number of methoxy groups -OCH3 is 1. The molecule has 0 radical (unpaired) electrons. The number of pyridine rings is 1. The van der Waals surface area contributed by atoms with Gasteiger partial charge in [0.25, 0.3) is 0 Å². The van der Waals surface area contributed by atoms with E-state index < -0.39 is 0 Å². The highest BCUT2D eigenvalue weighted by atomic mass is 35.5. The summed E-state index contributed by atoms with van der Waals surface area (Å²) in [6, 6.07) is 11.2. The third-order valence-electron chi connectivity index (χ3n) is 3.28. The molecule has 0 aliphatic rings. The van der Waals surface area contributed by atoms with E-state index in [1.165, 1.54) is 0 Å². The molecule has 0 saturated heterocycles. The van der Waals surface area contributed by atoms with Crippen molar-refractivity contribution in [3.8, 4) is 17.0 Å². The number of aliphatic hydroxyl groups is 1. The monoisotopic (exact) mass is 330 g/mol. The summed E-state index contributed by atoms with van der Waals surface area (Å²) in [7, 11) is 1.61. The topological polar surface area (TPSA) is 73.1 Å². The molecule has 23 heavy (non-hydrogen) atoms. The van der Waals surface area contributed by atoms with E-state index in [-0.39, 0.29) is 6.61 Å². The van der Waals surface area contributed by atoms with Crippen LogP contribution in [-0.2, 0) is 13.2 Å². The number of aromatic nitrogens is 4. The third-order valence-corrected chi connectivity index (χ3v) is 3.52. The molecule has 0 fully saturated rings. The van der Waals surface area contributed by atoms with Gasteiger partial charge in [-0.3, -0.25) is 0 Å². The number of benzene rings is 1. The quantitative estimate of drug-likeness (QED) is 0.778. The van der Waals surface area contributed by atoms with E-state index in [0.29, 0.717) is 23.1 Å². The summed E-state index contributed by atoms with van der Waals surface area (Å²) >= 11 is 6.06. The Balaban J connectivity index is 1.95. The van der Waals surface area contributed by atoms with Crippen LogP contribution in [0.2, 0.25) is 5.02 Å². The van der Waals surface area contributed by atoms with Crippen molar-refractivity contribution in [2.45, 2.75) is 13.2 Å². The second kappa shape index (κ2) is 6.76. The van der Waals surface area contributed by atoms with Gasteiger partial charge in [-0.2, -0.15) is 5.10 Å². The third kappa shape index (κ3) is 3.49. The van der Waals surface area contributed by atoms with E-state index in [1.807, 2.05) is 36.4 Å². The lowest BCUT2D eigenvalue weighted by atomic mass is 10.1. The van der Waals surface area contributed by atoms with Crippen LogP contribution >= 0.6 is 11.6 Å². The van der Waals surface area contributed by atoms with Crippen molar-refractivity contribution < 1.29 is 9.84 Å². The predicted molar refractivity (Wildman–Crippen MR) is 86.3 cm³/mol. The fourth-order valence-corrected chi connectivity index (χ4v) is 2.42. The average Bonchev–Trinajstić information content (AvgIpc) is 3.02. The van der Waals surface area contributed by atoms with Gasteiger partial charge in [0.1, 0.15) is 24.4 Å². The molecule has 0 atom stereocenters. The molecule has 6 nitrogen and oxygen atoms in total. The summed E-state index contributed by atoms with van der Waals surface area (Å²) in [5.41, 5.74) is 2.40. The molecular weight excluding hydrogens is 316 g/mol. The van der Waals surface area contributed by atoms with Gasteiger partial charge >= 0.3 is 0 Å². The Bertz CT molecular complexity index is 819. The van der Waals surface area contributed by atoms with Crippen LogP contribution in [0.3, 0.4) is 0 Å². The zero-order valence-corrected chi connectivity index (χ0v) is 13.2. The first-order chi connectivity index (χ1) is 11.2. The first kappa shape index (κ1) is 15.5. The molecule has 0 aliphatic heterocycles. The molecule has 3 rings (SSSR count).